The van der Waals surface area contributed by atoms with Gasteiger partial charge in [0.25, 0.3) is 0 Å². The van der Waals surface area contributed by atoms with Gasteiger partial charge in [-0.05, 0) is 67.5 Å². The van der Waals surface area contributed by atoms with Crippen molar-refractivity contribution in [3.05, 3.63) is 94.0 Å². The van der Waals surface area contributed by atoms with E-state index in [9.17, 15) is 4.79 Å². The Morgan fingerprint density at radius 3 is 2.91 bits per heavy atom. The molecule has 4 aromatic rings. The summed E-state index contributed by atoms with van der Waals surface area (Å²) in [6.45, 7) is 5.75. The Morgan fingerprint density at radius 1 is 1.26 bits per heavy atom. The highest BCUT2D eigenvalue weighted by Gasteiger charge is 2.29. The number of hydrogen-bond donors (Lipinski definition) is 1. The number of carbonyl (C=O) groups is 1. The number of hydrogen-bond acceptors (Lipinski definition) is 5. The topological polar surface area (TPSA) is 71.4 Å². The number of para-hydroxylation sites is 1. The number of rotatable bonds is 8. The molecule has 0 aliphatic heterocycles. The van der Waals surface area contributed by atoms with Crippen LogP contribution in [0.5, 0.6) is 0 Å². The fraction of sp³-hybridized carbons (Fsp3) is 0.310. The molecule has 35 heavy (non-hydrogen) atoms. The highest BCUT2D eigenvalue weighted by Crippen LogP contribution is 2.38. The van der Waals surface area contributed by atoms with Gasteiger partial charge in [-0.25, -0.2) is 4.79 Å². The minimum atomic E-state index is -0.341. The average molecular weight is 470 g/mol. The highest BCUT2D eigenvalue weighted by molar-refractivity contribution is 5.87. The summed E-state index contributed by atoms with van der Waals surface area (Å²) in [6, 6.07) is 15.3. The summed E-state index contributed by atoms with van der Waals surface area (Å²) in [6.07, 6.45) is 8.47. The molecule has 2 aromatic heterocycles. The van der Waals surface area contributed by atoms with Crippen molar-refractivity contribution in [1.29, 1.82) is 0 Å². The van der Waals surface area contributed by atoms with Gasteiger partial charge < -0.3 is 14.2 Å². The molecule has 0 fully saturated rings. The predicted molar refractivity (Wildman–Crippen MR) is 137 cm³/mol. The Bertz CT molecular complexity index is 1360. The Balaban J connectivity index is 1.41. The van der Waals surface area contributed by atoms with E-state index in [1.807, 2.05) is 19.9 Å². The lowest BCUT2D eigenvalue weighted by atomic mass is 10.0. The fourth-order valence-electron chi connectivity index (χ4n) is 5.21. The molecular weight excluding hydrogens is 438 g/mol. The molecule has 5 rings (SSSR count). The summed E-state index contributed by atoms with van der Waals surface area (Å²) in [5, 5.41) is 5.48. The summed E-state index contributed by atoms with van der Waals surface area (Å²) in [7, 11) is 1.39. The van der Waals surface area contributed by atoms with E-state index in [4.69, 9.17) is 9.26 Å². The Kier molecular flexibility index (Phi) is 6.55. The van der Waals surface area contributed by atoms with Crippen LogP contribution < -0.4 is 0 Å². The van der Waals surface area contributed by atoms with E-state index in [-0.39, 0.29) is 5.97 Å². The second-order valence-electron chi connectivity index (χ2n) is 9.25. The Morgan fingerprint density at radius 2 is 2.11 bits per heavy atom. The summed E-state index contributed by atoms with van der Waals surface area (Å²) >= 11 is 0. The molecule has 0 bridgehead atoms. The van der Waals surface area contributed by atoms with Gasteiger partial charge in [-0.2, -0.15) is 0 Å². The molecule has 0 saturated carbocycles. The maximum atomic E-state index is 11.5. The first-order valence-corrected chi connectivity index (χ1v) is 12.1. The molecule has 0 saturated heterocycles. The molecule has 1 N–H and O–H groups in total. The molecule has 180 valence electrons. The lowest BCUT2D eigenvalue weighted by Gasteiger charge is -2.30. The number of aromatic nitrogens is 2. The zero-order valence-electron chi connectivity index (χ0n) is 20.5. The van der Waals surface area contributed by atoms with Crippen LogP contribution in [0, 0.1) is 13.8 Å². The third-order valence-corrected chi connectivity index (χ3v) is 7.15. The van der Waals surface area contributed by atoms with Crippen molar-refractivity contribution in [1.82, 2.24) is 15.0 Å². The summed E-state index contributed by atoms with van der Waals surface area (Å²) < 4.78 is 10.2. The molecule has 0 spiro atoms. The van der Waals surface area contributed by atoms with Crippen LogP contribution in [0.3, 0.4) is 0 Å². The van der Waals surface area contributed by atoms with Crippen LogP contribution in [0.2, 0.25) is 0 Å². The van der Waals surface area contributed by atoms with Gasteiger partial charge in [-0.3, -0.25) is 4.90 Å². The third-order valence-electron chi connectivity index (χ3n) is 7.15. The standard InChI is InChI=1S/C29H31N3O3/c1-19-26(20(2)35-31-19)18-32(15-14-23-17-30-27-7-5-4-6-24(23)27)28-12-10-22-16-21(8-11-25(22)28)9-13-29(33)34-3/h4-9,11,13,16-17,28,30H,10,12,14-15,18H2,1-3H3. The molecule has 6 heteroatoms. The number of nitrogens with one attached hydrogen (secondary N) is 1. The van der Waals surface area contributed by atoms with E-state index in [0.29, 0.717) is 6.04 Å². The molecule has 1 aliphatic rings. The van der Waals surface area contributed by atoms with Crippen molar-refractivity contribution >= 4 is 22.9 Å². The number of benzene rings is 2. The zero-order chi connectivity index (χ0) is 24.4. The zero-order valence-corrected chi connectivity index (χ0v) is 20.5. The number of H-pyrrole nitrogens is 1. The number of aromatic amines is 1. The number of fused-ring (bicyclic) bond motifs is 2. The van der Waals surface area contributed by atoms with Crippen LogP contribution >= 0.6 is 0 Å². The van der Waals surface area contributed by atoms with Crippen LogP contribution in [-0.2, 0) is 28.9 Å². The Hall–Kier alpha value is -3.64. The van der Waals surface area contributed by atoms with Crippen LogP contribution in [0.15, 0.2) is 59.3 Å². The van der Waals surface area contributed by atoms with Crippen molar-refractivity contribution in [2.45, 2.75) is 45.7 Å². The maximum Gasteiger partial charge on any atom is 0.330 e. The van der Waals surface area contributed by atoms with E-state index >= 15 is 0 Å². The second kappa shape index (κ2) is 9.92. The van der Waals surface area contributed by atoms with Crippen LogP contribution in [0.25, 0.3) is 17.0 Å². The molecule has 0 amide bonds. The first-order valence-electron chi connectivity index (χ1n) is 12.1. The van der Waals surface area contributed by atoms with Crippen molar-refractivity contribution in [2.75, 3.05) is 13.7 Å². The lowest BCUT2D eigenvalue weighted by molar-refractivity contribution is -0.134. The molecule has 6 nitrogen and oxygen atoms in total. The van der Waals surface area contributed by atoms with Crippen LogP contribution in [-0.4, -0.2) is 34.7 Å². The minimum Gasteiger partial charge on any atom is -0.466 e. The molecule has 1 aliphatic carbocycles. The van der Waals surface area contributed by atoms with E-state index < -0.39 is 0 Å². The van der Waals surface area contributed by atoms with Gasteiger partial charge in [0.2, 0.25) is 0 Å². The smallest absolute Gasteiger partial charge is 0.330 e. The van der Waals surface area contributed by atoms with Gasteiger partial charge in [0.05, 0.1) is 12.8 Å². The third kappa shape index (κ3) is 4.80. The molecule has 1 atom stereocenters. The van der Waals surface area contributed by atoms with E-state index in [2.05, 4.69) is 63.7 Å². The van der Waals surface area contributed by atoms with E-state index in [0.717, 1.165) is 49.4 Å². The van der Waals surface area contributed by atoms with Gasteiger partial charge in [0, 0.05) is 47.9 Å². The van der Waals surface area contributed by atoms with Gasteiger partial charge in [0.15, 0.2) is 0 Å². The number of esters is 1. The molecule has 0 radical (unpaired) electrons. The number of methoxy groups -OCH3 is 1. The number of ether oxygens (including phenoxy) is 1. The van der Waals surface area contributed by atoms with Gasteiger partial charge in [-0.1, -0.05) is 41.6 Å². The highest BCUT2D eigenvalue weighted by atomic mass is 16.5. The SMILES string of the molecule is COC(=O)C=Cc1ccc2c(c1)CCC2N(CCc1c[nH]c2ccccc12)Cc1c(C)noc1C. The van der Waals surface area contributed by atoms with E-state index in [1.165, 1.54) is 46.3 Å². The lowest BCUT2D eigenvalue weighted by Crippen LogP contribution is -2.29. The van der Waals surface area contributed by atoms with Gasteiger partial charge >= 0.3 is 5.97 Å². The van der Waals surface area contributed by atoms with Gasteiger partial charge in [-0.15, -0.1) is 0 Å². The maximum absolute atomic E-state index is 11.5. The largest absolute Gasteiger partial charge is 0.466 e. The van der Waals surface area contributed by atoms with Crippen molar-refractivity contribution in [3.8, 4) is 0 Å². The fourth-order valence-corrected chi connectivity index (χ4v) is 5.21. The van der Waals surface area contributed by atoms with Crippen LogP contribution in [0.1, 0.15) is 51.7 Å². The van der Waals surface area contributed by atoms with Crippen LogP contribution in [0.4, 0.5) is 0 Å². The summed E-state index contributed by atoms with van der Waals surface area (Å²) in [5.74, 6) is 0.549. The first-order chi connectivity index (χ1) is 17.0. The first kappa shape index (κ1) is 23.1. The van der Waals surface area contributed by atoms with Crippen molar-refractivity contribution in [3.63, 3.8) is 0 Å². The molecule has 2 heterocycles. The number of nitrogens with zero attached hydrogens (tertiary/aromatic N) is 2. The molecular formula is C29H31N3O3. The second-order valence-corrected chi connectivity index (χ2v) is 9.25. The summed E-state index contributed by atoms with van der Waals surface area (Å²) in [4.78, 5) is 17.5. The normalized spacial score (nSPS) is 15.4. The minimum absolute atomic E-state index is 0.322. The monoisotopic (exact) mass is 469 g/mol. The van der Waals surface area contributed by atoms with Gasteiger partial charge in [0.1, 0.15) is 5.76 Å². The summed E-state index contributed by atoms with van der Waals surface area (Å²) in [5.41, 5.74) is 8.38. The molecule has 2 aromatic carbocycles. The van der Waals surface area contributed by atoms with Crippen molar-refractivity contribution < 1.29 is 14.1 Å². The predicted octanol–water partition coefficient (Wildman–Crippen LogP) is 5.69. The van der Waals surface area contributed by atoms with E-state index in [1.54, 1.807) is 0 Å². The molecule has 1 unspecified atom stereocenters. The number of aryl methyl sites for hydroxylation is 3. The average Bonchev–Trinajstić information content (AvgIpc) is 3.57. The van der Waals surface area contributed by atoms with Crippen molar-refractivity contribution in [2.24, 2.45) is 0 Å². The number of carbonyl (C=O) groups excluding carboxylic acids is 1. The quantitative estimate of drug-likeness (QED) is 0.265. The Labute approximate surface area is 205 Å².